The normalized spacial score (nSPS) is 11.0. The Bertz CT molecular complexity index is 142. The summed E-state index contributed by atoms with van der Waals surface area (Å²) in [6.45, 7) is 0. The molecule has 7 heteroatoms. The summed E-state index contributed by atoms with van der Waals surface area (Å²) in [6.07, 6.45) is 0. The Morgan fingerprint density at radius 1 is 1.38 bits per heavy atom. The molecular weight excluding hydrogens is 135 g/mol. The van der Waals surface area contributed by atoms with Gasteiger partial charge in [0.1, 0.15) is 0 Å². The summed E-state index contributed by atoms with van der Waals surface area (Å²) >= 11 is 0. The number of nitrogens with two attached hydrogens (primary N) is 1. The van der Waals surface area contributed by atoms with Crippen LogP contribution >= 0.6 is 0 Å². The van der Waals surface area contributed by atoms with E-state index in [1.807, 2.05) is 0 Å². The van der Waals surface area contributed by atoms with Gasteiger partial charge in [-0.1, -0.05) is 0 Å². The smallest absolute Gasteiger partial charge is 0.224 e. The average molecular weight is 138 g/mol. The molecule has 2 N–H and O–H groups in total. The molecule has 0 atom stereocenters. The van der Waals surface area contributed by atoms with Crippen molar-refractivity contribution in [2.24, 2.45) is 5.14 Å². The van der Waals surface area contributed by atoms with Crippen LogP contribution in [0.1, 0.15) is 0 Å². The van der Waals surface area contributed by atoms with Crippen molar-refractivity contribution >= 4 is 28.9 Å². The Balaban J connectivity index is 0. The summed E-state index contributed by atoms with van der Waals surface area (Å²) in [5.74, 6) is -3.45. The SMILES string of the molecule is NS(=O)(=O)C(F)F.[Li]. The first-order chi connectivity index (χ1) is 2.94. The van der Waals surface area contributed by atoms with Crippen LogP contribution in [-0.4, -0.2) is 33.0 Å². The maximum absolute atomic E-state index is 10.8. The van der Waals surface area contributed by atoms with Gasteiger partial charge in [0.2, 0.25) is 0 Å². The van der Waals surface area contributed by atoms with E-state index in [1.165, 1.54) is 0 Å². The Morgan fingerprint density at radius 2 is 1.50 bits per heavy atom. The van der Waals surface area contributed by atoms with Gasteiger partial charge in [0.15, 0.2) is 0 Å². The Hall–Kier alpha value is 0.367. The quantitative estimate of drug-likeness (QED) is 0.478. The molecule has 1 radical (unpaired) electrons. The first-order valence-electron chi connectivity index (χ1n) is 1.24. The van der Waals surface area contributed by atoms with E-state index in [4.69, 9.17) is 0 Å². The minimum Gasteiger partial charge on any atom is -0.224 e. The van der Waals surface area contributed by atoms with Crippen molar-refractivity contribution in [3.8, 4) is 0 Å². The second-order valence-corrected chi connectivity index (χ2v) is 2.38. The van der Waals surface area contributed by atoms with Crippen LogP contribution in [0, 0.1) is 0 Å². The molecular formula is CH3F2LiNO2S. The summed E-state index contributed by atoms with van der Waals surface area (Å²) in [6, 6.07) is 0. The Morgan fingerprint density at radius 3 is 1.50 bits per heavy atom. The Kier molecular flexibility index (Phi) is 4.77. The first kappa shape index (κ1) is 11.2. The van der Waals surface area contributed by atoms with Crippen molar-refractivity contribution in [3.63, 3.8) is 0 Å². The molecule has 0 rings (SSSR count). The zero-order valence-corrected chi connectivity index (χ0v) is 4.95. The molecule has 0 aliphatic heterocycles. The molecule has 0 aromatic heterocycles. The molecule has 0 bridgehead atoms. The summed E-state index contributed by atoms with van der Waals surface area (Å²) in [7, 11) is -4.57. The molecule has 0 fully saturated rings. The molecule has 0 aliphatic rings. The molecule has 45 valence electrons. The maximum atomic E-state index is 10.8. The van der Waals surface area contributed by atoms with E-state index in [9.17, 15) is 17.2 Å². The molecule has 0 saturated heterocycles. The molecule has 0 aromatic carbocycles. The monoisotopic (exact) mass is 138 g/mol. The van der Waals surface area contributed by atoms with Crippen LogP contribution in [0.5, 0.6) is 0 Å². The fourth-order valence-electron chi connectivity index (χ4n) is 0. The number of sulfonamides is 1. The van der Waals surface area contributed by atoms with Gasteiger partial charge >= 0.3 is 5.76 Å². The van der Waals surface area contributed by atoms with Gasteiger partial charge in [-0.05, 0) is 0 Å². The van der Waals surface area contributed by atoms with Crippen molar-refractivity contribution in [2.75, 3.05) is 0 Å². The number of alkyl halides is 2. The summed E-state index contributed by atoms with van der Waals surface area (Å²) in [4.78, 5) is 0. The van der Waals surface area contributed by atoms with E-state index in [0.29, 0.717) is 0 Å². The predicted octanol–water partition coefficient (Wildman–Crippen LogP) is -0.883. The zero-order chi connectivity index (χ0) is 6.08. The number of halogens is 2. The van der Waals surface area contributed by atoms with Gasteiger partial charge in [-0.15, -0.1) is 0 Å². The van der Waals surface area contributed by atoms with Gasteiger partial charge in [-0.3, -0.25) is 0 Å². The molecule has 0 aromatic rings. The van der Waals surface area contributed by atoms with Crippen LogP contribution in [0.25, 0.3) is 0 Å². The number of hydrogen-bond donors (Lipinski definition) is 1. The third-order valence-electron chi connectivity index (χ3n) is 0.248. The second kappa shape index (κ2) is 3.40. The molecule has 0 unspecified atom stereocenters. The largest absolute Gasteiger partial charge is 0.350 e. The van der Waals surface area contributed by atoms with Crippen molar-refractivity contribution in [1.29, 1.82) is 0 Å². The third-order valence-corrected chi connectivity index (χ3v) is 0.745. The van der Waals surface area contributed by atoms with Crippen molar-refractivity contribution in [2.45, 2.75) is 5.76 Å². The molecule has 0 aliphatic carbocycles. The third kappa shape index (κ3) is 4.52. The van der Waals surface area contributed by atoms with Crippen LogP contribution in [0.3, 0.4) is 0 Å². The van der Waals surface area contributed by atoms with Crippen molar-refractivity contribution in [3.05, 3.63) is 0 Å². The van der Waals surface area contributed by atoms with E-state index in [0.717, 1.165) is 0 Å². The van der Waals surface area contributed by atoms with Crippen LogP contribution in [-0.2, 0) is 10.0 Å². The number of rotatable bonds is 1. The topological polar surface area (TPSA) is 60.2 Å². The number of primary sulfonamides is 1. The van der Waals surface area contributed by atoms with Crippen molar-refractivity contribution < 1.29 is 17.2 Å². The van der Waals surface area contributed by atoms with Gasteiger partial charge in [-0.25, -0.2) is 13.6 Å². The fraction of sp³-hybridized carbons (Fsp3) is 1.00. The van der Waals surface area contributed by atoms with E-state index in [1.54, 1.807) is 0 Å². The molecule has 0 spiro atoms. The van der Waals surface area contributed by atoms with Gasteiger partial charge in [0, 0.05) is 18.9 Å². The van der Waals surface area contributed by atoms with Crippen LogP contribution in [0.4, 0.5) is 8.78 Å². The van der Waals surface area contributed by atoms with Crippen LogP contribution in [0.15, 0.2) is 0 Å². The number of hydrogen-bond acceptors (Lipinski definition) is 2. The fourth-order valence-corrected chi connectivity index (χ4v) is 0. The second-order valence-electron chi connectivity index (χ2n) is 0.850. The van der Waals surface area contributed by atoms with E-state index in [-0.39, 0.29) is 18.9 Å². The Labute approximate surface area is 57.5 Å². The summed E-state index contributed by atoms with van der Waals surface area (Å²) < 4.78 is 40.4. The standard InChI is InChI=1S/CH3F2NO2S.Li/c2-1(3)7(4,5)6;/h1H,(H2,4,5,6);. The van der Waals surface area contributed by atoms with E-state index < -0.39 is 15.8 Å². The summed E-state index contributed by atoms with van der Waals surface area (Å²) in [5.41, 5.74) is 0. The van der Waals surface area contributed by atoms with E-state index in [2.05, 4.69) is 5.14 Å². The van der Waals surface area contributed by atoms with E-state index >= 15 is 0 Å². The van der Waals surface area contributed by atoms with Crippen molar-refractivity contribution in [1.82, 2.24) is 0 Å². The molecule has 0 heterocycles. The molecule has 0 amide bonds. The molecule has 3 nitrogen and oxygen atoms in total. The molecule has 0 saturated carbocycles. The van der Waals surface area contributed by atoms with Gasteiger partial charge in [-0.2, -0.15) is 8.78 Å². The maximum Gasteiger partial charge on any atom is 0.350 e. The van der Waals surface area contributed by atoms with Crippen LogP contribution < -0.4 is 5.14 Å². The predicted molar refractivity (Wildman–Crippen MR) is 24.9 cm³/mol. The minimum absolute atomic E-state index is 0. The van der Waals surface area contributed by atoms with Gasteiger partial charge in [0.05, 0.1) is 0 Å². The summed E-state index contributed by atoms with van der Waals surface area (Å²) in [5, 5.41) is 3.90. The van der Waals surface area contributed by atoms with Gasteiger partial charge < -0.3 is 0 Å². The zero-order valence-electron chi connectivity index (χ0n) is 4.14. The first-order valence-corrected chi connectivity index (χ1v) is 2.85. The van der Waals surface area contributed by atoms with Gasteiger partial charge in [0.25, 0.3) is 10.0 Å². The van der Waals surface area contributed by atoms with Crippen LogP contribution in [0.2, 0.25) is 0 Å². The minimum atomic E-state index is -4.57. The molecule has 8 heavy (non-hydrogen) atoms. The average Bonchev–Trinajstić information content (AvgIpc) is 1.31.